The van der Waals surface area contributed by atoms with Crippen LogP contribution in [0.4, 0.5) is 0 Å². The number of esters is 1. The Kier molecular flexibility index (Phi) is 14.3. The third-order valence-corrected chi connectivity index (χ3v) is 4.94. The highest BCUT2D eigenvalue weighted by Crippen LogP contribution is 2.17. The van der Waals surface area contributed by atoms with Crippen LogP contribution >= 0.6 is 0 Å². The van der Waals surface area contributed by atoms with E-state index in [2.05, 4.69) is 6.92 Å². The van der Waals surface area contributed by atoms with Gasteiger partial charge >= 0.3 is 5.97 Å². The normalized spacial score (nSPS) is 17.3. The summed E-state index contributed by atoms with van der Waals surface area (Å²) in [6, 6.07) is 0. The molecule has 0 aromatic heterocycles. The molecule has 0 aliphatic carbocycles. The quantitative estimate of drug-likeness (QED) is 0.248. The van der Waals surface area contributed by atoms with Crippen LogP contribution in [0.5, 0.6) is 0 Å². The van der Waals surface area contributed by atoms with E-state index in [1.165, 1.54) is 77.0 Å². The molecular formula is C21H40O3. The van der Waals surface area contributed by atoms with Gasteiger partial charge in [-0.2, -0.15) is 0 Å². The molecule has 0 spiro atoms. The molecule has 142 valence electrons. The number of hydrogen-bond acceptors (Lipinski definition) is 3. The Balaban J connectivity index is 1.74. The Morgan fingerprint density at radius 2 is 1.54 bits per heavy atom. The molecule has 3 nitrogen and oxygen atoms in total. The molecule has 24 heavy (non-hydrogen) atoms. The van der Waals surface area contributed by atoms with E-state index in [-0.39, 0.29) is 5.97 Å². The Morgan fingerprint density at radius 3 is 2.12 bits per heavy atom. The molecule has 0 aromatic carbocycles. The fourth-order valence-electron chi connectivity index (χ4n) is 3.37. The van der Waals surface area contributed by atoms with Gasteiger partial charge in [0.05, 0.1) is 12.7 Å². The van der Waals surface area contributed by atoms with Crippen LogP contribution in [0.2, 0.25) is 0 Å². The molecule has 1 atom stereocenters. The third-order valence-electron chi connectivity index (χ3n) is 4.94. The van der Waals surface area contributed by atoms with Crippen molar-refractivity contribution in [3.63, 3.8) is 0 Å². The highest BCUT2D eigenvalue weighted by atomic mass is 16.5. The van der Waals surface area contributed by atoms with E-state index in [4.69, 9.17) is 9.47 Å². The average Bonchev–Trinajstić information content (AvgIpc) is 3.10. The van der Waals surface area contributed by atoms with Crippen molar-refractivity contribution in [3.05, 3.63) is 0 Å². The fourth-order valence-corrected chi connectivity index (χ4v) is 3.37. The van der Waals surface area contributed by atoms with Crippen molar-refractivity contribution in [2.24, 2.45) is 0 Å². The number of carbonyl (C=O) groups is 1. The van der Waals surface area contributed by atoms with Crippen molar-refractivity contribution < 1.29 is 14.3 Å². The summed E-state index contributed by atoms with van der Waals surface area (Å²) < 4.78 is 10.9. The summed E-state index contributed by atoms with van der Waals surface area (Å²) >= 11 is 0. The van der Waals surface area contributed by atoms with Gasteiger partial charge in [-0.3, -0.25) is 4.79 Å². The summed E-state index contributed by atoms with van der Waals surface area (Å²) in [6.45, 7) is 3.74. The summed E-state index contributed by atoms with van der Waals surface area (Å²) in [5.74, 6) is -0.0155. The van der Waals surface area contributed by atoms with E-state index >= 15 is 0 Å². The minimum Gasteiger partial charge on any atom is -0.466 e. The fraction of sp³-hybridized carbons (Fsp3) is 0.952. The second-order valence-corrected chi connectivity index (χ2v) is 7.28. The van der Waals surface area contributed by atoms with Gasteiger partial charge in [0.15, 0.2) is 0 Å². The van der Waals surface area contributed by atoms with Crippen LogP contribution in [0.15, 0.2) is 0 Å². The molecule has 1 rings (SSSR count). The van der Waals surface area contributed by atoms with Gasteiger partial charge in [-0.1, -0.05) is 71.1 Å². The number of ether oxygens (including phenoxy) is 2. The smallest absolute Gasteiger partial charge is 0.305 e. The van der Waals surface area contributed by atoms with Crippen molar-refractivity contribution in [2.75, 3.05) is 13.2 Å². The monoisotopic (exact) mass is 340 g/mol. The van der Waals surface area contributed by atoms with E-state index in [0.717, 1.165) is 25.9 Å². The Hall–Kier alpha value is -0.570. The van der Waals surface area contributed by atoms with E-state index in [0.29, 0.717) is 19.1 Å². The summed E-state index contributed by atoms with van der Waals surface area (Å²) in [6.07, 6.45) is 19.8. The van der Waals surface area contributed by atoms with Gasteiger partial charge in [0.25, 0.3) is 0 Å². The Labute approximate surface area is 149 Å². The molecule has 1 heterocycles. The minimum atomic E-state index is -0.0155. The van der Waals surface area contributed by atoms with Crippen LogP contribution in [0.3, 0.4) is 0 Å². The van der Waals surface area contributed by atoms with Gasteiger partial charge in [-0.15, -0.1) is 0 Å². The highest BCUT2D eigenvalue weighted by molar-refractivity contribution is 5.69. The van der Waals surface area contributed by atoms with Gasteiger partial charge in [-0.05, 0) is 32.1 Å². The van der Waals surface area contributed by atoms with Crippen LogP contribution in [-0.4, -0.2) is 25.3 Å². The molecular weight excluding hydrogens is 300 g/mol. The lowest BCUT2D eigenvalue weighted by Crippen LogP contribution is -2.09. The van der Waals surface area contributed by atoms with Crippen molar-refractivity contribution in [2.45, 2.75) is 116 Å². The molecule has 0 aromatic rings. The first-order valence-corrected chi connectivity index (χ1v) is 10.6. The molecule has 0 saturated carbocycles. The average molecular weight is 341 g/mol. The summed E-state index contributed by atoms with van der Waals surface area (Å²) in [5.41, 5.74) is 0. The Bertz CT molecular complexity index is 285. The van der Waals surface area contributed by atoms with Crippen LogP contribution in [0.1, 0.15) is 110 Å². The van der Waals surface area contributed by atoms with E-state index in [1.54, 1.807) is 0 Å². The van der Waals surface area contributed by atoms with Crippen molar-refractivity contribution in [1.82, 2.24) is 0 Å². The highest BCUT2D eigenvalue weighted by Gasteiger charge is 2.14. The summed E-state index contributed by atoms with van der Waals surface area (Å²) in [7, 11) is 0. The first-order valence-electron chi connectivity index (χ1n) is 10.6. The van der Waals surface area contributed by atoms with Gasteiger partial charge in [-0.25, -0.2) is 0 Å². The van der Waals surface area contributed by atoms with E-state index < -0.39 is 0 Å². The third kappa shape index (κ3) is 12.8. The SMILES string of the molecule is CCCCCCCCCCCCCC(=O)OCCC[C@@H]1CCCO1. The Morgan fingerprint density at radius 1 is 0.917 bits per heavy atom. The summed E-state index contributed by atoms with van der Waals surface area (Å²) in [4.78, 5) is 11.6. The van der Waals surface area contributed by atoms with E-state index in [9.17, 15) is 4.79 Å². The van der Waals surface area contributed by atoms with Crippen molar-refractivity contribution in [3.8, 4) is 0 Å². The molecule has 0 N–H and O–H groups in total. The first-order chi connectivity index (χ1) is 11.8. The molecule has 3 heteroatoms. The second kappa shape index (κ2) is 15.9. The molecule has 1 fully saturated rings. The summed E-state index contributed by atoms with van der Waals surface area (Å²) in [5, 5.41) is 0. The van der Waals surface area contributed by atoms with Crippen LogP contribution in [0.25, 0.3) is 0 Å². The predicted octanol–water partition coefficient (Wildman–Crippen LogP) is 6.19. The molecule has 1 aliphatic heterocycles. The van der Waals surface area contributed by atoms with Gasteiger partial charge in [0, 0.05) is 13.0 Å². The molecule has 1 aliphatic rings. The maximum Gasteiger partial charge on any atom is 0.305 e. The minimum absolute atomic E-state index is 0.0155. The standard InChI is InChI=1S/C21H40O3/c1-2-3-4-5-6-7-8-9-10-11-12-17-21(22)24-19-14-16-20-15-13-18-23-20/h20H,2-19H2,1H3/t20-/m0/s1. The predicted molar refractivity (Wildman–Crippen MR) is 100 cm³/mol. The van der Waals surface area contributed by atoms with Crippen LogP contribution in [0, 0.1) is 0 Å². The van der Waals surface area contributed by atoms with Crippen LogP contribution in [-0.2, 0) is 14.3 Å². The zero-order chi connectivity index (χ0) is 17.3. The molecule has 0 amide bonds. The molecule has 1 saturated heterocycles. The van der Waals surface area contributed by atoms with Gasteiger partial charge in [0.2, 0.25) is 0 Å². The topological polar surface area (TPSA) is 35.5 Å². The van der Waals surface area contributed by atoms with Crippen molar-refractivity contribution >= 4 is 5.97 Å². The lowest BCUT2D eigenvalue weighted by atomic mass is 10.1. The number of unbranched alkanes of at least 4 members (excludes halogenated alkanes) is 10. The van der Waals surface area contributed by atoms with Crippen molar-refractivity contribution in [1.29, 1.82) is 0 Å². The maximum absolute atomic E-state index is 11.6. The lowest BCUT2D eigenvalue weighted by molar-refractivity contribution is -0.144. The molecule has 0 unspecified atom stereocenters. The number of rotatable bonds is 16. The second-order valence-electron chi connectivity index (χ2n) is 7.28. The molecule has 0 bridgehead atoms. The largest absolute Gasteiger partial charge is 0.466 e. The lowest BCUT2D eigenvalue weighted by Gasteiger charge is -2.09. The first kappa shape index (κ1) is 21.5. The zero-order valence-electron chi connectivity index (χ0n) is 16.0. The molecule has 0 radical (unpaired) electrons. The number of carbonyl (C=O) groups excluding carboxylic acids is 1. The zero-order valence-corrected chi connectivity index (χ0v) is 16.0. The van der Waals surface area contributed by atoms with Gasteiger partial charge in [0.1, 0.15) is 0 Å². The maximum atomic E-state index is 11.6. The number of hydrogen-bond donors (Lipinski definition) is 0. The van der Waals surface area contributed by atoms with Gasteiger partial charge < -0.3 is 9.47 Å². The van der Waals surface area contributed by atoms with E-state index in [1.807, 2.05) is 0 Å². The van der Waals surface area contributed by atoms with Crippen LogP contribution < -0.4 is 0 Å².